The van der Waals surface area contributed by atoms with E-state index in [1.165, 1.54) is 91.0 Å². The molecule has 0 saturated carbocycles. The second-order valence-corrected chi connectivity index (χ2v) is 20.0. The SMILES string of the molecule is Fc1c(F)c(F)c([B-]([O][Sb]([c]2ccccc2)([c]2ccccc2)[c]2ccccc2)(c2c(F)c(F)c(F)c(F)c2F)c2c(F)c(F)c(F)c(F)c2F)c(F)c1F. The van der Waals surface area contributed by atoms with Gasteiger partial charge in [0.15, 0.2) is 0 Å². The molecule has 0 saturated heterocycles. The van der Waals surface area contributed by atoms with Crippen molar-refractivity contribution in [3.63, 3.8) is 0 Å². The van der Waals surface area contributed by atoms with Crippen LogP contribution in [0.15, 0.2) is 91.0 Å². The Labute approximate surface area is 298 Å². The van der Waals surface area contributed by atoms with Crippen LogP contribution in [0.3, 0.4) is 0 Å². The van der Waals surface area contributed by atoms with E-state index in [9.17, 15) is 13.2 Å². The number of benzene rings is 6. The van der Waals surface area contributed by atoms with Gasteiger partial charge < -0.3 is 0 Å². The van der Waals surface area contributed by atoms with Crippen molar-refractivity contribution < 1.29 is 68.8 Å². The average Bonchev–Trinajstić information content (AvgIpc) is 3.19. The van der Waals surface area contributed by atoms with Crippen molar-refractivity contribution in [2.75, 3.05) is 0 Å². The van der Waals surface area contributed by atoms with Gasteiger partial charge >= 0.3 is 300 Å². The fourth-order valence-electron chi connectivity index (χ4n) is 6.31. The number of hydrogen-bond acceptors (Lipinski definition) is 1. The predicted molar refractivity (Wildman–Crippen MR) is 168 cm³/mol. The van der Waals surface area contributed by atoms with E-state index in [2.05, 4.69) is 0 Å². The Kier molecular flexibility index (Phi) is 10.4. The van der Waals surface area contributed by atoms with Crippen molar-refractivity contribution in [3.8, 4) is 0 Å². The van der Waals surface area contributed by atoms with Crippen LogP contribution in [0.4, 0.5) is 65.9 Å². The van der Waals surface area contributed by atoms with E-state index in [0.29, 0.717) is 0 Å². The molecule has 54 heavy (non-hydrogen) atoms. The predicted octanol–water partition coefficient (Wildman–Crippen LogP) is 6.42. The van der Waals surface area contributed by atoms with Crippen LogP contribution in [-0.2, 0) is 2.93 Å². The molecule has 1 radical (unpaired) electrons. The number of halogens is 15. The molecule has 0 spiro atoms. The summed E-state index contributed by atoms with van der Waals surface area (Å²) in [5, 5.41) is 0. The van der Waals surface area contributed by atoms with E-state index in [4.69, 9.17) is 2.93 Å². The van der Waals surface area contributed by atoms with Gasteiger partial charge in [-0.2, -0.15) is 0 Å². The van der Waals surface area contributed by atoms with E-state index < -0.39 is 129 Å². The molecule has 1 nitrogen and oxygen atoms in total. The number of rotatable bonds is 8. The summed E-state index contributed by atoms with van der Waals surface area (Å²) in [4.78, 5) is 0. The zero-order valence-corrected chi connectivity index (χ0v) is 28.8. The third-order valence-electron chi connectivity index (χ3n) is 8.63. The van der Waals surface area contributed by atoms with Crippen molar-refractivity contribution in [2.45, 2.75) is 0 Å². The molecule has 0 amide bonds. The van der Waals surface area contributed by atoms with Gasteiger partial charge in [0.25, 0.3) is 0 Å². The molecule has 0 aliphatic carbocycles. The third kappa shape index (κ3) is 5.65. The van der Waals surface area contributed by atoms with Gasteiger partial charge in [-0.05, 0) is 0 Å². The third-order valence-corrected chi connectivity index (χ3v) is 19.2. The Bertz CT molecular complexity index is 2080. The second kappa shape index (κ2) is 14.4. The van der Waals surface area contributed by atoms with Gasteiger partial charge in [-0.25, -0.2) is 0 Å². The summed E-state index contributed by atoms with van der Waals surface area (Å²) in [6.07, 6.45) is -6.32. The summed E-state index contributed by atoms with van der Waals surface area (Å²) in [6, 6.07) is 18.7. The fraction of sp³-hybridized carbons (Fsp3) is 0. The summed E-state index contributed by atoms with van der Waals surface area (Å²) in [5.74, 6) is -46.6. The summed E-state index contributed by atoms with van der Waals surface area (Å²) in [5.41, 5.74) is -8.50. The minimum atomic E-state index is -6.42. The van der Waals surface area contributed by atoms with Crippen LogP contribution in [0, 0.1) is 87.3 Å². The monoisotopic (exact) mass is 880 g/mol. The van der Waals surface area contributed by atoms with Gasteiger partial charge in [-0.1, -0.05) is 0 Å². The maximum absolute atomic E-state index is 16.4. The van der Waals surface area contributed by atoms with Crippen LogP contribution in [0.5, 0.6) is 0 Å². The molecule has 6 aromatic rings. The van der Waals surface area contributed by atoms with E-state index in [-0.39, 0.29) is 10.5 Å². The van der Waals surface area contributed by atoms with Crippen molar-refractivity contribution in [1.29, 1.82) is 0 Å². The van der Waals surface area contributed by atoms with Crippen LogP contribution in [-0.4, -0.2) is 25.6 Å². The standard InChI is InChI=1S/C18BF15O.3C6H5.Sb/c20-4-1(5(21)11(27)16(32)10(4)26)19(35,2-6(22)12(28)17(33)13(29)7(2)23)3-8(24)14(30)18(34)15(31)9(3)25;3*1-2-4-6-5-3-1;/h;3*1-5H;/q-2;;;;+1. The van der Waals surface area contributed by atoms with Crippen LogP contribution < -0.4 is 26.9 Å². The van der Waals surface area contributed by atoms with E-state index >= 15 is 52.7 Å². The van der Waals surface area contributed by atoms with Crippen LogP contribution in [0.1, 0.15) is 0 Å². The first-order valence-corrected chi connectivity index (χ1v) is 19.9. The van der Waals surface area contributed by atoms with Crippen LogP contribution in [0.2, 0.25) is 0 Å². The molecular formula is C36H15BF15OSb-. The van der Waals surface area contributed by atoms with Crippen LogP contribution in [0.25, 0.3) is 0 Å². The van der Waals surface area contributed by atoms with Gasteiger partial charge in [-0.15, -0.1) is 0 Å². The van der Waals surface area contributed by atoms with E-state index in [1.54, 1.807) is 0 Å². The molecule has 0 unspecified atom stereocenters. The Hall–Kier alpha value is -4.89. The Morgan fingerprint density at radius 2 is 0.463 bits per heavy atom. The quantitative estimate of drug-likeness (QED) is 0.0743. The first-order valence-electron chi connectivity index (χ1n) is 15.0. The van der Waals surface area contributed by atoms with Gasteiger partial charge in [0.05, 0.1) is 0 Å². The molecule has 0 N–H and O–H groups in total. The van der Waals surface area contributed by atoms with Gasteiger partial charge in [0, 0.05) is 0 Å². The molecule has 0 heterocycles. The van der Waals surface area contributed by atoms with E-state index in [0.717, 1.165) is 0 Å². The van der Waals surface area contributed by atoms with Crippen molar-refractivity contribution in [2.24, 2.45) is 0 Å². The summed E-state index contributed by atoms with van der Waals surface area (Å²) < 4.78 is 239. The molecule has 0 aliphatic heterocycles. The second-order valence-electron chi connectivity index (χ2n) is 11.5. The summed E-state index contributed by atoms with van der Waals surface area (Å²) in [7, 11) is 0. The summed E-state index contributed by atoms with van der Waals surface area (Å²) >= 11 is -6.42. The summed E-state index contributed by atoms with van der Waals surface area (Å²) in [6.45, 7) is 0. The molecule has 6 rings (SSSR count). The van der Waals surface area contributed by atoms with Crippen LogP contribution >= 0.6 is 0 Å². The first-order chi connectivity index (χ1) is 25.5. The minimum absolute atomic E-state index is 0.212. The van der Waals surface area contributed by atoms with E-state index in [1.807, 2.05) is 0 Å². The average molecular weight is 881 g/mol. The first kappa shape index (κ1) is 38.8. The molecule has 0 atom stereocenters. The van der Waals surface area contributed by atoms with Gasteiger partial charge in [0.2, 0.25) is 0 Å². The normalized spacial score (nSPS) is 12.1. The van der Waals surface area contributed by atoms with Crippen molar-refractivity contribution in [3.05, 3.63) is 178 Å². The maximum atomic E-state index is 16.4. The molecule has 0 aliphatic rings. The molecule has 279 valence electrons. The Balaban J connectivity index is 2.05. The molecular weight excluding hydrogens is 866 g/mol. The molecule has 0 fully saturated rings. The Morgan fingerprint density at radius 3 is 0.667 bits per heavy atom. The zero-order valence-electron chi connectivity index (χ0n) is 26.3. The molecule has 18 heteroatoms. The number of hydrogen-bond donors (Lipinski definition) is 0. The zero-order chi connectivity index (χ0) is 39.4. The molecule has 0 aromatic heterocycles. The fourth-order valence-corrected chi connectivity index (χ4v) is 17.2. The molecule has 0 bridgehead atoms. The van der Waals surface area contributed by atoms with Crippen molar-refractivity contribution >= 4 is 52.5 Å². The molecule has 6 aromatic carbocycles. The topological polar surface area (TPSA) is 9.23 Å². The Morgan fingerprint density at radius 1 is 0.278 bits per heavy atom. The van der Waals surface area contributed by atoms with Crippen molar-refractivity contribution in [1.82, 2.24) is 0 Å². The van der Waals surface area contributed by atoms with Gasteiger partial charge in [-0.3, -0.25) is 0 Å². The van der Waals surface area contributed by atoms with Gasteiger partial charge in [0.1, 0.15) is 0 Å².